The second-order valence-electron chi connectivity index (χ2n) is 5.32. The van der Waals surface area contributed by atoms with Gasteiger partial charge in [-0.25, -0.2) is 0 Å². The van der Waals surface area contributed by atoms with Crippen molar-refractivity contribution in [1.82, 2.24) is 4.90 Å². The third-order valence-electron chi connectivity index (χ3n) is 3.97. The molecule has 0 saturated carbocycles. The molecule has 3 nitrogen and oxygen atoms in total. The maximum atomic E-state index is 11.4. The lowest BCUT2D eigenvalue weighted by molar-refractivity contribution is -0.130. The fraction of sp³-hybridized carbons (Fsp3) is 0.500. The molecule has 0 spiro atoms. The number of benzene rings is 1. The third kappa shape index (κ3) is 3.14. The van der Waals surface area contributed by atoms with E-state index in [1.54, 1.807) is 6.92 Å². The van der Waals surface area contributed by atoms with E-state index in [0.717, 1.165) is 31.5 Å². The van der Waals surface area contributed by atoms with Gasteiger partial charge in [-0.3, -0.25) is 4.79 Å². The molecule has 2 unspecified atom stereocenters. The van der Waals surface area contributed by atoms with Gasteiger partial charge in [0.1, 0.15) is 0 Å². The average molecular weight is 256 g/mol. The monoisotopic (exact) mass is 256 g/mol. The van der Waals surface area contributed by atoms with Crippen LogP contribution in [0.2, 0.25) is 0 Å². The molecule has 0 aromatic heterocycles. The standard InChI is InChI=1S/C16H20N2O/c1-12(10-17)14-5-7-15(8-6-14)16-4-3-9-18(11-16)13(2)19/h5-8,12,16H,3-4,9,11H2,1-2H3. The van der Waals surface area contributed by atoms with Crippen LogP contribution in [0.3, 0.4) is 0 Å². The molecule has 0 aliphatic carbocycles. The van der Waals surface area contributed by atoms with Crippen LogP contribution in [0, 0.1) is 11.3 Å². The first kappa shape index (κ1) is 13.6. The molecule has 1 fully saturated rings. The summed E-state index contributed by atoms with van der Waals surface area (Å²) in [6.45, 7) is 5.26. The van der Waals surface area contributed by atoms with E-state index in [2.05, 4.69) is 18.2 Å². The van der Waals surface area contributed by atoms with Crippen LogP contribution >= 0.6 is 0 Å². The van der Waals surface area contributed by atoms with Crippen molar-refractivity contribution < 1.29 is 4.79 Å². The Morgan fingerprint density at radius 1 is 1.42 bits per heavy atom. The first-order chi connectivity index (χ1) is 9.11. The van der Waals surface area contributed by atoms with Gasteiger partial charge in [0.15, 0.2) is 0 Å². The lowest BCUT2D eigenvalue weighted by Crippen LogP contribution is -2.37. The number of likely N-dealkylation sites (tertiary alicyclic amines) is 1. The van der Waals surface area contributed by atoms with Crippen LogP contribution in [0.1, 0.15) is 49.7 Å². The highest BCUT2D eigenvalue weighted by molar-refractivity contribution is 5.73. The summed E-state index contributed by atoms with van der Waals surface area (Å²) >= 11 is 0. The van der Waals surface area contributed by atoms with Crippen molar-refractivity contribution in [3.05, 3.63) is 35.4 Å². The maximum absolute atomic E-state index is 11.4. The number of carbonyl (C=O) groups excluding carboxylic acids is 1. The van der Waals surface area contributed by atoms with Crippen molar-refractivity contribution in [1.29, 1.82) is 5.26 Å². The maximum Gasteiger partial charge on any atom is 0.219 e. The van der Waals surface area contributed by atoms with Crippen LogP contribution in [-0.2, 0) is 4.79 Å². The van der Waals surface area contributed by atoms with Gasteiger partial charge in [-0.15, -0.1) is 0 Å². The van der Waals surface area contributed by atoms with Gasteiger partial charge >= 0.3 is 0 Å². The Morgan fingerprint density at radius 3 is 2.68 bits per heavy atom. The summed E-state index contributed by atoms with van der Waals surface area (Å²) in [6.07, 6.45) is 2.21. The largest absolute Gasteiger partial charge is 0.342 e. The van der Waals surface area contributed by atoms with Gasteiger partial charge in [0, 0.05) is 25.9 Å². The molecule has 1 aromatic carbocycles. The number of hydrogen-bond donors (Lipinski definition) is 0. The highest BCUT2D eigenvalue weighted by atomic mass is 16.2. The zero-order valence-corrected chi connectivity index (χ0v) is 11.6. The molecule has 1 aliphatic heterocycles. The zero-order chi connectivity index (χ0) is 13.8. The van der Waals surface area contributed by atoms with Crippen LogP contribution in [0.5, 0.6) is 0 Å². The Hall–Kier alpha value is -1.82. The Kier molecular flexibility index (Phi) is 4.21. The Balaban J connectivity index is 2.10. The minimum atomic E-state index is -0.0610. The van der Waals surface area contributed by atoms with Crippen LogP contribution in [0.4, 0.5) is 0 Å². The van der Waals surface area contributed by atoms with E-state index in [9.17, 15) is 4.79 Å². The molecule has 2 rings (SSSR count). The van der Waals surface area contributed by atoms with Gasteiger partial charge in [-0.05, 0) is 30.9 Å². The zero-order valence-electron chi connectivity index (χ0n) is 11.6. The van der Waals surface area contributed by atoms with E-state index in [0.29, 0.717) is 5.92 Å². The Morgan fingerprint density at radius 2 is 2.11 bits per heavy atom. The molecule has 1 amide bonds. The number of hydrogen-bond acceptors (Lipinski definition) is 2. The van der Waals surface area contributed by atoms with Crippen LogP contribution in [-0.4, -0.2) is 23.9 Å². The Bertz CT molecular complexity index is 486. The van der Waals surface area contributed by atoms with E-state index >= 15 is 0 Å². The van der Waals surface area contributed by atoms with Crippen molar-refractivity contribution >= 4 is 5.91 Å². The molecule has 0 N–H and O–H groups in total. The summed E-state index contributed by atoms with van der Waals surface area (Å²) in [7, 11) is 0. The minimum absolute atomic E-state index is 0.0610. The molecule has 1 saturated heterocycles. The number of rotatable bonds is 2. The summed E-state index contributed by atoms with van der Waals surface area (Å²) in [5, 5.41) is 8.91. The summed E-state index contributed by atoms with van der Waals surface area (Å²) in [4.78, 5) is 13.4. The quantitative estimate of drug-likeness (QED) is 0.816. The van der Waals surface area contributed by atoms with E-state index in [4.69, 9.17) is 5.26 Å². The SMILES string of the molecule is CC(=O)N1CCCC(c2ccc(C(C)C#N)cc2)C1. The molecule has 0 bridgehead atoms. The van der Waals surface area contributed by atoms with Gasteiger partial charge in [-0.2, -0.15) is 5.26 Å². The smallest absolute Gasteiger partial charge is 0.219 e. The van der Waals surface area contributed by atoms with Gasteiger partial charge in [-0.1, -0.05) is 24.3 Å². The average Bonchev–Trinajstić information content (AvgIpc) is 2.46. The minimum Gasteiger partial charge on any atom is -0.342 e. The molecule has 0 radical (unpaired) electrons. The van der Waals surface area contributed by atoms with Gasteiger partial charge in [0.25, 0.3) is 0 Å². The number of amides is 1. The fourth-order valence-corrected chi connectivity index (χ4v) is 2.67. The number of nitrogens with zero attached hydrogens (tertiary/aromatic N) is 2. The van der Waals surface area contributed by atoms with Crippen molar-refractivity contribution in [3.63, 3.8) is 0 Å². The van der Waals surface area contributed by atoms with Crippen molar-refractivity contribution in [2.24, 2.45) is 0 Å². The second-order valence-corrected chi connectivity index (χ2v) is 5.32. The van der Waals surface area contributed by atoms with E-state index in [1.807, 2.05) is 24.0 Å². The fourth-order valence-electron chi connectivity index (χ4n) is 2.67. The summed E-state index contributed by atoms with van der Waals surface area (Å²) < 4.78 is 0. The Labute approximate surface area is 114 Å². The van der Waals surface area contributed by atoms with E-state index in [-0.39, 0.29) is 11.8 Å². The van der Waals surface area contributed by atoms with Crippen LogP contribution in [0.15, 0.2) is 24.3 Å². The molecule has 3 heteroatoms. The molecular weight excluding hydrogens is 236 g/mol. The molecule has 19 heavy (non-hydrogen) atoms. The lowest BCUT2D eigenvalue weighted by atomic mass is 9.89. The van der Waals surface area contributed by atoms with Crippen LogP contribution < -0.4 is 0 Å². The highest BCUT2D eigenvalue weighted by Crippen LogP contribution is 2.28. The first-order valence-electron chi connectivity index (χ1n) is 6.87. The molecule has 2 atom stereocenters. The van der Waals surface area contributed by atoms with Crippen LogP contribution in [0.25, 0.3) is 0 Å². The normalized spacial score (nSPS) is 20.7. The van der Waals surface area contributed by atoms with E-state index < -0.39 is 0 Å². The predicted octanol–water partition coefficient (Wildman–Crippen LogP) is 3.04. The molecule has 1 aliphatic rings. The van der Waals surface area contributed by atoms with Crippen molar-refractivity contribution in [2.45, 2.75) is 38.5 Å². The number of nitriles is 1. The van der Waals surface area contributed by atoms with Gasteiger partial charge in [0.2, 0.25) is 5.91 Å². The van der Waals surface area contributed by atoms with Gasteiger partial charge in [0.05, 0.1) is 12.0 Å². The lowest BCUT2D eigenvalue weighted by Gasteiger charge is -2.32. The number of carbonyl (C=O) groups is 1. The predicted molar refractivity (Wildman–Crippen MR) is 74.7 cm³/mol. The summed E-state index contributed by atoms with van der Waals surface area (Å²) in [5.74, 6) is 0.539. The number of piperidine rings is 1. The third-order valence-corrected chi connectivity index (χ3v) is 3.97. The molecular formula is C16H20N2O. The summed E-state index contributed by atoms with van der Waals surface area (Å²) in [5.41, 5.74) is 2.34. The highest BCUT2D eigenvalue weighted by Gasteiger charge is 2.22. The molecule has 1 heterocycles. The van der Waals surface area contributed by atoms with Gasteiger partial charge < -0.3 is 4.90 Å². The topological polar surface area (TPSA) is 44.1 Å². The first-order valence-corrected chi connectivity index (χ1v) is 6.87. The van der Waals surface area contributed by atoms with Crippen molar-refractivity contribution in [2.75, 3.05) is 13.1 Å². The second kappa shape index (κ2) is 5.88. The molecule has 100 valence electrons. The van der Waals surface area contributed by atoms with Crippen molar-refractivity contribution in [3.8, 4) is 6.07 Å². The molecule has 1 aromatic rings. The van der Waals surface area contributed by atoms with E-state index in [1.165, 1.54) is 5.56 Å². The summed E-state index contributed by atoms with van der Waals surface area (Å²) in [6, 6.07) is 10.5.